The molecule has 96 valence electrons. The maximum Gasteiger partial charge on any atom is 0.337 e. The van der Waals surface area contributed by atoms with Crippen molar-refractivity contribution in [1.29, 1.82) is 0 Å². The molecule has 1 spiro atoms. The van der Waals surface area contributed by atoms with Crippen LogP contribution >= 0.6 is 0 Å². The Morgan fingerprint density at radius 2 is 1.89 bits per heavy atom. The van der Waals surface area contributed by atoms with E-state index in [-0.39, 0.29) is 0 Å². The van der Waals surface area contributed by atoms with Gasteiger partial charge in [0.25, 0.3) is 0 Å². The summed E-state index contributed by atoms with van der Waals surface area (Å²) in [5.41, 5.74) is 8.14. The van der Waals surface area contributed by atoms with Gasteiger partial charge < -0.3 is 15.7 Å². The number of nitrogens with zero attached hydrogens (tertiary/aromatic N) is 1. The zero-order valence-corrected chi connectivity index (χ0v) is 10.4. The predicted octanol–water partition coefficient (Wildman–Crippen LogP) is 2.35. The van der Waals surface area contributed by atoms with Gasteiger partial charge in [-0.25, -0.2) is 4.79 Å². The maximum atomic E-state index is 11.2. The summed E-state index contributed by atoms with van der Waals surface area (Å²) in [4.78, 5) is 13.4. The lowest BCUT2D eigenvalue weighted by atomic mass is 9.93. The smallest absolute Gasteiger partial charge is 0.337 e. The number of aromatic carboxylic acids is 1. The molecule has 4 heteroatoms. The van der Waals surface area contributed by atoms with Gasteiger partial charge in [0.15, 0.2) is 0 Å². The highest BCUT2D eigenvalue weighted by atomic mass is 16.4. The van der Waals surface area contributed by atoms with Crippen molar-refractivity contribution in [2.75, 3.05) is 23.7 Å². The number of carboxylic acids is 1. The second-order valence-corrected chi connectivity index (χ2v) is 5.57. The van der Waals surface area contributed by atoms with E-state index >= 15 is 0 Å². The molecule has 2 fully saturated rings. The molecule has 0 aromatic heterocycles. The molecule has 1 aromatic carbocycles. The highest BCUT2D eigenvalue weighted by Gasteiger charge is 2.44. The van der Waals surface area contributed by atoms with E-state index in [0.717, 1.165) is 18.8 Å². The van der Waals surface area contributed by atoms with Crippen LogP contribution in [-0.4, -0.2) is 24.2 Å². The van der Waals surface area contributed by atoms with Crippen molar-refractivity contribution in [3.8, 4) is 0 Å². The van der Waals surface area contributed by atoms with Crippen LogP contribution < -0.4 is 10.6 Å². The standard InChI is InChI=1S/C14H18N2O2/c15-10-1-2-11(13(17)18)12(9-10)16-7-5-14(3-4-14)6-8-16/h1-2,9H,3-8,15H2,(H,17,18). The van der Waals surface area contributed by atoms with Gasteiger partial charge in [0.05, 0.1) is 11.3 Å². The summed E-state index contributed by atoms with van der Waals surface area (Å²) < 4.78 is 0. The Kier molecular flexibility index (Phi) is 2.47. The van der Waals surface area contributed by atoms with Gasteiger partial charge in [-0.15, -0.1) is 0 Å². The van der Waals surface area contributed by atoms with Gasteiger partial charge in [0.1, 0.15) is 0 Å². The quantitative estimate of drug-likeness (QED) is 0.786. The summed E-state index contributed by atoms with van der Waals surface area (Å²) in [5, 5.41) is 9.23. The Balaban J connectivity index is 1.86. The average molecular weight is 246 g/mol. The van der Waals surface area contributed by atoms with Crippen LogP contribution in [0.3, 0.4) is 0 Å². The molecule has 0 atom stereocenters. The lowest BCUT2D eigenvalue weighted by Crippen LogP contribution is -2.35. The van der Waals surface area contributed by atoms with E-state index in [9.17, 15) is 9.90 Å². The van der Waals surface area contributed by atoms with Crippen molar-refractivity contribution in [3.63, 3.8) is 0 Å². The number of carbonyl (C=O) groups is 1. The van der Waals surface area contributed by atoms with Crippen molar-refractivity contribution >= 4 is 17.3 Å². The molecule has 1 aromatic rings. The summed E-state index contributed by atoms with van der Waals surface area (Å²) in [6, 6.07) is 5.04. The minimum absolute atomic E-state index is 0.357. The van der Waals surface area contributed by atoms with Crippen LogP contribution in [-0.2, 0) is 0 Å². The third kappa shape index (κ3) is 1.92. The van der Waals surface area contributed by atoms with Crippen molar-refractivity contribution < 1.29 is 9.90 Å². The van der Waals surface area contributed by atoms with E-state index < -0.39 is 5.97 Å². The van der Waals surface area contributed by atoms with Gasteiger partial charge in [0.2, 0.25) is 0 Å². The number of nitrogen functional groups attached to an aromatic ring is 1. The molecule has 18 heavy (non-hydrogen) atoms. The number of hydrogen-bond donors (Lipinski definition) is 2. The first-order valence-corrected chi connectivity index (χ1v) is 6.47. The van der Waals surface area contributed by atoms with E-state index in [4.69, 9.17) is 5.73 Å². The topological polar surface area (TPSA) is 66.6 Å². The molecule has 3 N–H and O–H groups in total. The van der Waals surface area contributed by atoms with Crippen molar-refractivity contribution in [3.05, 3.63) is 23.8 Å². The van der Waals surface area contributed by atoms with Crippen LogP contribution in [0.1, 0.15) is 36.0 Å². The largest absolute Gasteiger partial charge is 0.478 e. The van der Waals surface area contributed by atoms with Gasteiger partial charge in [-0.2, -0.15) is 0 Å². The van der Waals surface area contributed by atoms with Gasteiger partial charge in [-0.1, -0.05) is 0 Å². The Hall–Kier alpha value is -1.71. The molecule has 0 amide bonds. The number of nitrogens with two attached hydrogens (primary N) is 1. The summed E-state index contributed by atoms with van der Waals surface area (Å²) in [6.45, 7) is 1.90. The first-order valence-electron chi connectivity index (χ1n) is 6.47. The second kappa shape index (κ2) is 3.90. The van der Waals surface area contributed by atoms with Crippen LogP contribution in [0.5, 0.6) is 0 Å². The average Bonchev–Trinajstić information content (AvgIpc) is 3.09. The molecule has 1 aliphatic carbocycles. The van der Waals surface area contributed by atoms with Crippen LogP contribution in [0.4, 0.5) is 11.4 Å². The van der Waals surface area contributed by atoms with E-state index in [2.05, 4.69) is 4.90 Å². The van der Waals surface area contributed by atoms with E-state index in [1.54, 1.807) is 18.2 Å². The number of anilines is 2. The van der Waals surface area contributed by atoms with Crippen LogP contribution in [0.25, 0.3) is 0 Å². The number of rotatable bonds is 2. The third-order valence-corrected chi connectivity index (χ3v) is 4.37. The summed E-state index contributed by atoms with van der Waals surface area (Å²) in [5.74, 6) is -0.878. The molecule has 1 saturated heterocycles. The highest BCUT2D eigenvalue weighted by molar-refractivity contribution is 5.95. The minimum atomic E-state index is -0.878. The monoisotopic (exact) mass is 246 g/mol. The van der Waals surface area contributed by atoms with Crippen molar-refractivity contribution in [2.24, 2.45) is 5.41 Å². The molecule has 1 saturated carbocycles. The summed E-state index contributed by atoms with van der Waals surface area (Å²) in [7, 11) is 0. The normalized spacial score (nSPS) is 21.0. The Morgan fingerprint density at radius 1 is 1.22 bits per heavy atom. The summed E-state index contributed by atoms with van der Waals surface area (Å²) in [6.07, 6.45) is 5.06. The van der Waals surface area contributed by atoms with Crippen LogP contribution in [0.2, 0.25) is 0 Å². The fourth-order valence-corrected chi connectivity index (χ4v) is 2.89. The summed E-state index contributed by atoms with van der Waals surface area (Å²) >= 11 is 0. The van der Waals surface area contributed by atoms with E-state index in [0.29, 0.717) is 16.7 Å². The van der Waals surface area contributed by atoms with Gasteiger partial charge in [-0.05, 0) is 49.3 Å². The molecule has 0 bridgehead atoms. The van der Waals surface area contributed by atoms with Gasteiger partial charge >= 0.3 is 5.97 Å². The van der Waals surface area contributed by atoms with Crippen LogP contribution in [0, 0.1) is 5.41 Å². The molecule has 1 aliphatic heterocycles. The van der Waals surface area contributed by atoms with E-state index in [1.165, 1.54) is 25.7 Å². The zero-order valence-electron chi connectivity index (χ0n) is 10.4. The maximum absolute atomic E-state index is 11.2. The van der Waals surface area contributed by atoms with Crippen molar-refractivity contribution in [2.45, 2.75) is 25.7 Å². The second-order valence-electron chi connectivity index (χ2n) is 5.57. The van der Waals surface area contributed by atoms with Crippen LogP contribution in [0.15, 0.2) is 18.2 Å². The fourth-order valence-electron chi connectivity index (χ4n) is 2.89. The first kappa shape index (κ1) is 11.4. The minimum Gasteiger partial charge on any atom is -0.478 e. The molecule has 2 aliphatic rings. The lowest BCUT2D eigenvalue weighted by Gasteiger charge is -2.34. The molecule has 3 rings (SSSR count). The third-order valence-electron chi connectivity index (χ3n) is 4.37. The fraction of sp³-hybridized carbons (Fsp3) is 0.500. The Bertz CT molecular complexity index is 485. The molecule has 0 radical (unpaired) electrons. The molecule has 1 heterocycles. The number of benzene rings is 1. The number of piperidine rings is 1. The molecule has 0 unspecified atom stereocenters. The zero-order chi connectivity index (χ0) is 12.8. The highest BCUT2D eigenvalue weighted by Crippen LogP contribution is 2.54. The first-order chi connectivity index (χ1) is 8.60. The lowest BCUT2D eigenvalue weighted by molar-refractivity contribution is 0.0697. The van der Waals surface area contributed by atoms with Crippen molar-refractivity contribution in [1.82, 2.24) is 0 Å². The Morgan fingerprint density at radius 3 is 2.44 bits per heavy atom. The molecule has 4 nitrogen and oxygen atoms in total. The Labute approximate surface area is 106 Å². The molecular weight excluding hydrogens is 228 g/mol. The van der Waals surface area contributed by atoms with Gasteiger partial charge in [-0.3, -0.25) is 0 Å². The SMILES string of the molecule is Nc1ccc(C(=O)O)c(N2CCC3(CC2)CC3)c1. The molecular formula is C14H18N2O2. The predicted molar refractivity (Wildman–Crippen MR) is 70.9 cm³/mol. The number of carboxylic acid groups (broad SMARTS) is 1. The van der Waals surface area contributed by atoms with E-state index in [1.807, 2.05) is 0 Å². The van der Waals surface area contributed by atoms with Gasteiger partial charge in [0, 0.05) is 18.8 Å². The number of hydrogen-bond acceptors (Lipinski definition) is 3.